The van der Waals surface area contributed by atoms with Gasteiger partial charge in [-0.1, -0.05) is 0 Å². The van der Waals surface area contributed by atoms with Gasteiger partial charge in [0, 0.05) is 25.1 Å². The van der Waals surface area contributed by atoms with E-state index >= 15 is 0 Å². The van der Waals surface area contributed by atoms with Crippen molar-refractivity contribution >= 4 is 22.4 Å². The highest BCUT2D eigenvalue weighted by atomic mass is 32.1. The quantitative estimate of drug-likeness (QED) is 0.691. The van der Waals surface area contributed by atoms with Gasteiger partial charge < -0.3 is 14.4 Å². The standard InChI is InChI=1S/C15H24N2O3S/c1-5-20-13(18)15(2,3)12-10-21-14(16-12)17(8-9-19-4)11-6-7-11/h10-11H,5-9H2,1-4H3. The first-order chi connectivity index (χ1) is 10.0. The lowest BCUT2D eigenvalue weighted by atomic mass is 9.90. The summed E-state index contributed by atoms with van der Waals surface area (Å²) in [6, 6.07) is 0.574. The summed E-state index contributed by atoms with van der Waals surface area (Å²) >= 11 is 1.59. The maximum atomic E-state index is 12.1. The van der Waals surface area contributed by atoms with Crippen molar-refractivity contribution in [3.63, 3.8) is 0 Å². The van der Waals surface area contributed by atoms with Gasteiger partial charge in [0.2, 0.25) is 0 Å². The molecule has 0 atom stereocenters. The van der Waals surface area contributed by atoms with Crippen LogP contribution in [0.4, 0.5) is 5.13 Å². The second-order valence-corrected chi connectivity index (χ2v) is 6.61. The summed E-state index contributed by atoms with van der Waals surface area (Å²) in [5.41, 5.74) is 0.0744. The van der Waals surface area contributed by atoms with Crippen LogP contribution in [0.1, 0.15) is 39.3 Å². The molecule has 0 radical (unpaired) electrons. The molecule has 1 heterocycles. The highest BCUT2D eigenvalue weighted by Gasteiger charge is 2.36. The molecule has 6 heteroatoms. The minimum absolute atomic E-state index is 0.225. The van der Waals surface area contributed by atoms with E-state index in [4.69, 9.17) is 9.47 Å². The Morgan fingerprint density at radius 1 is 1.52 bits per heavy atom. The van der Waals surface area contributed by atoms with Gasteiger partial charge in [0.25, 0.3) is 0 Å². The van der Waals surface area contributed by atoms with Crippen molar-refractivity contribution in [2.45, 2.75) is 45.1 Å². The molecule has 0 unspecified atom stereocenters. The number of hydrogen-bond donors (Lipinski definition) is 0. The molecule has 2 rings (SSSR count). The Morgan fingerprint density at radius 2 is 2.24 bits per heavy atom. The number of anilines is 1. The zero-order chi connectivity index (χ0) is 15.5. The monoisotopic (exact) mass is 312 g/mol. The molecule has 21 heavy (non-hydrogen) atoms. The topological polar surface area (TPSA) is 51.7 Å². The maximum absolute atomic E-state index is 12.1. The summed E-state index contributed by atoms with van der Waals surface area (Å²) in [5.74, 6) is -0.225. The van der Waals surface area contributed by atoms with Gasteiger partial charge in [-0.15, -0.1) is 11.3 Å². The normalized spacial score (nSPS) is 15.0. The first kappa shape index (κ1) is 16.2. The minimum atomic E-state index is -0.707. The fourth-order valence-electron chi connectivity index (χ4n) is 2.11. The third-order valence-corrected chi connectivity index (χ3v) is 4.57. The molecule has 0 amide bonds. The van der Waals surface area contributed by atoms with E-state index in [-0.39, 0.29) is 5.97 Å². The van der Waals surface area contributed by atoms with Crippen LogP contribution in [0, 0.1) is 0 Å². The number of hydrogen-bond acceptors (Lipinski definition) is 6. The largest absolute Gasteiger partial charge is 0.465 e. The van der Waals surface area contributed by atoms with Crippen LogP contribution in [0.25, 0.3) is 0 Å². The van der Waals surface area contributed by atoms with Gasteiger partial charge >= 0.3 is 5.97 Å². The van der Waals surface area contributed by atoms with Crippen LogP contribution in [0.2, 0.25) is 0 Å². The minimum Gasteiger partial charge on any atom is -0.465 e. The van der Waals surface area contributed by atoms with Gasteiger partial charge in [-0.25, -0.2) is 4.98 Å². The van der Waals surface area contributed by atoms with Gasteiger partial charge in [-0.2, -0.15) is 0 Å². The van der Waals surface area contributed by atoms with E-state index < -0.39 is 5.41 Å². The Kier molecular flexibility index (Phi) is 5.22. The van der Waals surface area contributed by atoms with Gasteiger partial charge in [0.05, 0.1) is 18.9 Å². The lowest BCUT2D eigenvalue weighted by Crippen LogP contribution is -2.32. The summed E-state index contributed by atoms with van der Waals surface area (Å²) in [4.78, 5) is 19.0. The number of thiazole rings is 1. The number of esters is 1. The number of carbonyl (C=O) groups excluding carboxylic acids is 1. The molecule has 118 valence electrons. The van der Waals surface area contributed by atoms with E-state index in [1.54, 1.807) is 18.4 Å². The van der Waals surface area contributed by atoms with Crippen molar-refractivity contribution in [2.24, 2.45) is 0 Å². The second-order valence-electron chi connectivity index (χ2n) is 5.78. The number of ether oxygens (including phenoxy) is 2. The molecule has 1 aromatic heterocycles. The van der Waals surface area contributed by atoms with Crippen molar-refractivity contribution < 1.29 is 14.3 Å². The molecule has 1 aliphatic carbocycles. The van der Waals surface area contributed by atoms with Crippen LogP contribution >= 0.6 is 11.3 Å². The second kappa shape index (κ2) is 6.75. The van der Waals surface area contributed by atoms with E-state index in [2.05, 4.69) is 9.88 Å². The van der Waals surface area contributed by atoms with Crippen LogP contribution in [0.15, 0.2) is 5.38 Å². The van der Waals surface area contributed by atoms with Crippen molar-refractivity contribution in [2.75, 3.05) is 31.8 Å². The highest BCUT2D eigenvalue weighted by Crippen LogP contribution is 2.35. The van der Waals surface area contributed by atoms with Gasteiger partial charge in [0.15, 0.2) is 5.13 Å². The summed E-state index contributed by atoms with van der Waals surface area (Å²) in [6.07, 6.45) is 2.42. The van der Waals surface area contributed by atoms with E-state index in [1.807, 2.05) is 26.2 Å². The molecule has 1 aliphatic rings. The molecular formula is C15H24N2O3S. The third-order valence-electron chi connectivity index (χ3n) is 3.69. The summed E-state index contributed by atoms with van der Waals surface area (Å²) < 4.78 is 10.3. The Morgan fingerprint density at radius 3 is 2.81 bits per heavy atom. The molecule has 0 aliphatic heterocycles. The Labute approximate surface area is 130 Å². The SMILES string of the molecule is CCOC(=O)C(C)(C)c1csc(N(CCOC)C2CC2)n1. The molecular weight excluding hydrogens is 288 g/mol. The predicted molar refractivity (Wildman–Crippen MR) is 84.0 cm³/mol. The number of aromatic nitrogens is 1. The van der Waals surface area contributed by atoms with Crippen LogP contribution in [0.5, 0.6) is 0 Å². The van der Waals surface area contributed by atoms with E-state index in [9.17, 15) is 4.79 Å². The molecule has 5 nitrogen and oxygen atoms in total. The maximum Gasteiger partial charge on any atom is 0.317 e. The number of methoxy groups -OCH3 is 1. The summed E-state index contributed by atoms with van der Waals surface area (Å²) in [6.45, 7) is 7.46. The van der Waals surface area contributed by atoms with Crippen molar-refractivity contribution in [3.8, 4) is 0 Å². The van der Waals surface area contributed by atoms with Gasteiger partial charge in [0.1, 0.15) is 5.41 Å². The molecule has 1 fully saturated rings. The van der Waals surface area contributed by atoms with Crippen molar-refractivity contribution in [1.82, 2.24) is 4.98 Å². The lowest BCUT2D eigenvalue weighted by molar-refractivity contribution is -0.148. The van der Waals surface area contributed by atoms with Crippen molar-refractivity contribution in [1.29, 1.82) is 0 Å². The van der Waals surface area contributed by atoms with E-state index in [0.29, 0.717) is 19.3 Å². The van der Waals surface area contributed by atoms with Gasteiger partial charge in [-0.05, 0) is 33.6 Å². The zero-order valence-corrected chi connectivity index (χ0v) is 14.0. The molecule has 0 bridgehead atoms. The zero-order valence-electron chi connectivity index (χ0n) is 13.2. The van der Waals surface area contributed by atoms with Crippen LogP contribution in [0.3, 0.4) is 0 Å². The molecule has 0 N–H and O–H groups in total. The summed E-state index contributed by atoms with van der Waals surface area (Å²) in [7, 11) is 1.71. The van der Waals surface area contributed by atoms with Crippen molar-refractivity contribution in [3.05, 3.63) is 11.1 Å². The summed E-state index contributed by atoms with van der Waals surface area (Å²) in [5, 5.41) is 2.94. The fourth-order valence-corrected chi connectivity index (χ4v) is 3.20. The molecule has 0 aromatic carbocycles. The number of nitrogens with zero attached hydrogens (tertiary/aromatic N) is 2. The molecule has 1 saturated carbocycles. The number of carbonyl (C=O) groups is 1. The van der Waals surface area contributed by atoms with Crippen LogP contribution < -0.4 is 4.90 Å². The van der Waals surface area contributed by atoms with Crippen LogP contribution in [-0.4, -0.2) is 43.9 Å². The first-order valence-corrected chi connectivity index (χ1v) is 8.27. The highest BCUT2D eigenvalue weighted by molar-refractivity contribution is 7.13. The smallest absolute Gasteiger partial charge is 0.317 e. The molecule has 1 aromatic rings. The first-order valence-electron chi connectivity index (χ1n) is 7.39. The number of rotatable bonds is 8. The Bertz CT molecular complexity index is 483. The van der Waals surface area contributed by atoms with E-state index in [1.165, 1.54) is 12.8 Å². The Hall–Kier alpha value is -1.14. The Balaban J connectivity index is 2.13. The average Bonchev–Trinajstić information content (AvgIpc) is 3.15. The molecule has 0 spiro atoms. The third kappa shape index (κ3) is 3.74. The average molecular weight is 312 g/mol. The lowest BCUT2D eigenvalue weighted by Gasteiger charge is -2.22. The predicted octanol–water partition coefficient (Wildman–Crippen LogP) is 2.60. The van der Waals surface area contributed by atoms with Crippen LogP contribution in [-0.2, 0) is 19.7 Å². The molecule has 0 saturated heterocycles. The van der Waals surface area contributed by atoms with E-state index in [0.717, 1.165) is 17.4 Å². The van der Waals surface area contributed by atoms with Gasteiger partial charge in [-0.3, -0.25) is 4.79 Å². The fraction of sp³-hybridized carbons (Fsp3) is 0.733.